The molecule has 2 heterocycles. The van der Waals surface area contributed by atoms with Gasteiger partial charge in [-0.15, -0.1) is 0 Å². The number of alkyl halides is 3. The Hall–Kier alpha value is -2.82. The number of halogens is 3. The van der Waals surface area contributed by atoms with Crippen LogP contribution >= 0.6 is 0 Å². The summed E-state index contributed by atoms with van der Waals surface area (Å²) in [5, 5.41) is 0. The highest BCUT2D eigenvalue weighted by Gasteiger charge is 2.32. The molecule has 0 aliphatic heterocycles. The van der Waals surface area contributed by atoms with Crippen LogP contribution < -0.4 is 4.57 Å². The van der Waals surface area contributed by atoms with E-state index >= 15 is 0 Å². The number of nitrogens with zero attached hydrogens (tertiary/aromatic N) is 2. The van der Waals surface area contributed by atoms with Gasteiger partial charge in [0.15, 0.2) is 0 Å². The summed E-state index contributed by atoms with van der Waals surface area (Å²) in [5.41, 5.74) is 4.97. The van der Waals surface area contributed by atoms with Crippen LogP contribution in [0.4, 0.5) is 13.2 Å². The highest BCUT2D eigenvalue weighted by molar-refractivity contribution is 5.77. The molecule has 4 rings (SSSR count). The number of benzene rings is 2. The van der Waals surface area contributed by atoms with Crippen molar-refractivity contribution < 1.29 is 17.7 Å². The predicted octanol–water partition coefficient (Wildman–Crippen LogP) is 4.84. The topological polar surface area (TPSA) is 8.29 Å². The van der Waals surface area contributed by atoms with Crippen molar-refractivity contribution in [3.63, 3.8) is 0 Å². The summed E-state index contributed by atoms with van der Waals surface area (Å²) in [7, 11) is 1.83. The van der Waals surface area contributed by atoms with Gasteiger partial charge in [0, 0.05) is 12.3 Å². The molecule has 0 aliphatic carbocycles. The maximum absolute atomic E-state index is 13.2. The highest BCUT2D eigenvalue weighted by Crippen LogP contribution is 2.31. The maximum Gasteiger partial charge on any atom is 0.416 e. The third kappa shape index (κ3) is 2.73. The van der Waals surface area contributed by atoms with Gasteiger partial charge in [-0.3, -0.25) is 0 Å². The SMILES string of the molecule is Cc1cccc(Cc2c3cccn3c3ccc(C(F)(F)F)cc3[n+]2C)c1. The van der Waals surface area contributed by atoms with Crippen LogP contribution in [0.5, 0.6) is 0 Å². The summed E-state index contributed by atoms with van der Waals surface area (Å²) in [4.78, 5) is 0. The Morgan fingerprint density at radius 1 is 0.962 bits per heavy atom. The molecule has 0 aliphatic rings. The summed E-state index contributed by atoms with van der Waals surface area (Å²) in [5.74, 6) is 0. The minimum atomic E-state index is -4.36. The van der Waals surface area contributed by atoms with E-state index in [-0.39, 0.29) is 0 Å². The number of hydrogen-bond donors (Lipinski definition) is 0. The van der Waals surface area contributed by atoms with E-state index in [0.29, 0.717) is 11.9 Å². The average molecular weight is 355 g/mol. The van der Waals surface area contributed by atoms with Crippen molar-refractivity contribution in [1.29, 1.82) is 0 Å². The fraction of sp³-hybridized carbons (Fsp3) is 0.190. The first-order chi connectivity index (χ1) is 12.3. The van der Waals surface area contributed by atoms with Crippen LogP contribution in [-0.2, 0) is 19.6 Å². The van der Waals surface area contributed by atoms with E-state index in [1.165, 1.54) is 6.07 Å². The molecule has 4 aromatic rings. The Morgan fingerprint density at radius 3 is 2.50 bits per heavy atom. The molecule has 2 aromatic carbocycles. The molecule has 2 nitrogen and oxygen atoms in total. The van der Waals surface area contributed by atoms with Crippen LogP contribution in [-0.4, -0.2) is 4.40 Å². The lowest BCUT2D eigenvalue weighted by molar-refractivity contribution is -0.651. The fourth-order valence-electron chi connectivity index (χ4n) is 3.54. The maximum atomic E-state index is 13.2. The fourth-order valence-corrected chi connectivity index (χ4v) is 3.54. The predicted molar refractivity (Wildman–Crippen MR) is 95.1 cm³/mol. The van der Waals surface area contributed by atoms with E-state index in [0.717, 1.165) is 33.9 Å². The van der Waals surface area contributed by atoms with Crippen molar-refractivity contribution in [3.8, 4) is 0 Å². The van der Waals surface area contributed by atoms with E-state index in [1.807, 2.05) is 59.5 Å². The Morgan fingerprint density at radius 2 is 1.77 bits per heavy atom. The van der Waals surface area contributed by atoms with Crippen LogP contribution in [0, 0.1) is 6.92 Å². The molecule has 0 fully saturated rings. The van der Waals surface area contributed by atoms with Gasteiger partial charge in [-0.25, -0.2) is 0 Å². The van der Waals surface area contributed by atoms with Crippen molar-refractivity contribution in [2.24, 2.45) is 7.05 Å². The van der Waals surface area contributed by atoms with Gasteiger partial charge in [0.25, 0.3) is 0 Å². The van der Waals surface area contributed by atoms with Gasteiger partial charge in [0.1, 0.15) is 18.1 Å². The van der Waals surface area contributed by atoms with Crippen molar-refractivity contribution in [1.82, 2.24) is 4.40 Å². The molecule has 0 atom stereocenters. The van der Waals surface area contributed by atoms with E-state index in [9.17, 15) is 13.2 Å². The molecule has 132 valence electrons. The zero-order chi connectivity index (χ0) is 18.5. The molecule has 0 radical (unpaired) electrons. The monoisotopic (exact) mass is 355 g/mol. The average Bonchev–Trinajstić information content (AvgIpc) is 3.07. The van der Waals surface area contributed by atoms with Gasteiger partial charge in [-0.1, -0.05) is 29.8 Å². The van der Waals surface area contributed by atoms with Crippen LogP contribution in [0.15, 0.2) is 60.8 Å². The smallest absolute Gasteiger partial charge is 0.306 e. The lowest BCUT2D eigenvalue weighted by Gasteiger charge is -2.11. The standard InChI is InChI=1S/C21H18F3N2/c1-14-5-3-6-15(11-14)12-19-17-7-4-10-26(17)18-9-8-16(21(22,23)24)13-20(18)25(19)2/h3-11,13H,12H2,1-2H3/q+1. The second kappa shape index (κ2) is 5.87. The van der Waals surface area contributed by atoms with Gasteiger partial charge in [-0.2, -0.15) is 17.7 Å². The number of aromatic nitrogens is 2. The van der Waals surface area contributed by atoms with Crippen molar-refractivity contribution in [3.05, 3.63) is 83.2 Å². The second-order valence-electron chi connectivity index (χ2n) is 6.64. The molecule has 0 amide bonds. The van der Waals surface area contributed by atoms with Gasteiger partial charge < -0.3 is 4.40 Å². The van der Waals surface area contributed by atoms with E-state index < -0.39 is 11.7 Å². The molecule has 5 heteroatoms. The van der Waals surface area contributed by atoms with E-state index in [2.05, 4.69) is 6.07 Å². The zero-order valence-corrected chi connectivity index (χ0v) is 14.5. The quantitative estimate of drug-likeness (QED) is 0.455. The first-order valence-electron chi connectivity index (χ1n) is 8.39. The molecule has 2 aromatic heterocycles. The second-order valence-corrected chi connectivity index (χ2v) is 6.64. The molecule has 0 spiro atoms. The van der Waals surface area contributed by atoms with Crippen molar-refractivity contribution >= 4 is 16.6 Å². The molecule has 0 unspecified atom stereocenters. The minimum Gasteiger partial charge on any atom is -0.306 e. The molecule has 0 bridgehead atoms. The Bertz CT molecular complexity index is 1120. The first kappa shape index (κ1) is 16.6. The Kier molecular flexibility index (Phi) is 3.75. The molecule has 0 saturated carbocycles. The molecular weight excluding hydrogens is 337 g/mol. The van der Waals surface area contributed by atoms with Crippen LogP contribution in [0.1, 0.15) is 22.4 Å². The molecule has 26 heavy (non-hydrogen) atoms. The summed E-state index contributed by atoms with van der Waals surface area (Å²) >= 11 is 0. The van der Waals surface area contributed by atoms with Gasteiger partial charge in [0.05, 0.1) is 12.0 Å². The van der Waals surface area contributed by atoms with Crippen LogP contribution in [0.25, 0.3) is 16.6 Å². The summed E-state index contributed by atoms with van der Waals surface area (Å²) < 4.78 is 43.4. The Balaban J connectivity index is 1.98. The summed E-state index contributed by atoms with van der Waals surface area (Å²) in [6.07, 6.45) is -1.81. The lowest BCUT2D eigenvalue weighted by atomic mass is 10.1. The molecular formula is C21H18F3N2+. The van der Waals surface area contributed by atoms with Crippen molar-refractivity contribution in [2.75, 3.05) is 0 Å². The van der Waals surface area contributed by atoms with Gasteiger partial charge in [-0.05, 0) is 36.8 Å². The van der Waals surface area contributed by atoms with Crippen molar-refractivity contribution in [2.45, 2.75) is 19.5 Å². The third-order valence-corrected chi connectivity index (χ3v) is 4.83. The first-order valence-corrected chi connectivity index (χ1v) is 8.39. The van der Waals surface area contributed by atoms with Gasteiger partial charge in [0.2, 0.25) is 11.2 Å². The summed E-state index contributed by atoms with van der Waals surface area (Å²) in [6, 6.07) is 16.0. The lowest BCUT2D eigenvalue weighted by Crippen LogP contribution is -2.36. The molecule has 0 N–H and O–H groups in total. The normalized spacial score (nSPS) is 12.2. The van der Waals surface area contributed by atoms with Crippen LogP contribution in [0.2, 0.25) is 0 Å². The number of aryl methyl sites for hydroxylation is 2. The highest BCUT2D eigenvalue weighted by atomic mass is 19.4. The van der Waals surface area contributed by atoms with Crippen LogP contribution in [0.3, 0.4) is 0 Å². The number of fused-ring (bicyclic) bond motifs is 3. The van der Waals surface area contributed by atoms with Gasteiger partial charge >= 0.3 is 6.18 Å². The summed E-state index contributed by atoms with van der Waals surface area (Å²) in [6.45, 7) is 2.03. The zero-order valence-electron chi connectivity index (χ0n) is 14.5. The minimum absolute atomic E-state index is 0.561. The number of hydrogen-bond acceptors (Lipinski definition) is 0. The van der Waals surface area contributed by atoms with E-state index in [1.54, 1.807) is 6.07 Å². The van der Waals surface area contributed by atoms with E-state index in [4.69, 9.17) is 0 Å². The molecule has 0 saturated heterocycles. The Labute approximate surface area is 149 Å². The largest absolute Gasteiger partial charge is 0.416 e. The third-order valence-electron chi connectivity index (χ3n) is 4.83. The number of rotatable bonds is 2.